The van der Waals surface area contributed by atoms with Gasteiger partial charge in [0.15, 0.2) is 9.84 Å². The number of anilines is 1. The lowest BCUT2D eigenvalue weighted by Crippen LogP contribution is -2.17. The van der Waals surface area contributed by atoms with E-state index in [2.05, 4.69) is 10.3 Å². The Morgan fingerprint density at radius 3 is 2.59 bits per heavy atom. The van der Waals surface area contributed by atoms with Crippen molar-refractivity contribution in [1.29, 1.82) is 0 Å². The molecule has 1 amide bonds. The second kappa shape index (κ2) is 8.23. The van der Waals surface area contributed by atoms with Gasteiger partial charge in [0.25, 0.3) is 0 Å². The van der Waals surface area contributed by atoms with E-state index in [0.717, 1.165) is 20.8 Å². The standard InChI is InChI=1S/C20H15ClN2O3S3/c21-13-5-7-14(8-6-13)29(25,26)12-10-18(24)23-19-15(9-11-27-19)20-22-16-3-1-2-4-17(16)28-20/h1-9,11H,10,12H2,(H,23,24). The maximum Gasteiger partial charge on any atom is 0.226 e. The van der Waals surface area contributed by atoms with Crippen molar-refractivity contribution in [2.45, 2.75) is 11.3 Å². The number of hydrogen-bond donors (Lipinski definition) is 1. The van der Waals surface area contributed by atoms with Gasteiger partial charge in [-0.3, -0.25) is 4.79 Å². The minimum atomic E-state index is -3.56. The van der Waals surface area contributed by atoms with Gasteiger partial charge in [-0.2, -0.15) is 0 Å². The molecule has 0 saturated carbocycles. The number of aromatic nitrogens is 1. The molecule has 0 saturated heterocycles. The third-order valence-corrected chi connectivity index (χ3v) is 8.10. The first kappa shape index (κ1) is 20.0. The van der Waals surface area contributed by atoms with Crippen LogP contribution in [-0.4, -0.2) is 25.1 Å². The number of hydrogen-bond acceptors (Lipinski definition) is 6. The van der Waals surface area contributed by atoms with Gasteiger partial charge in [-0.15, -0.1) is 22.7 Å². The van der Waals surface area contributed by atoms with Crippen LogP contribution in [0.3, 0.4) is 0 Å². The predicted octanol–water partition coefficient (Wildman–Crippen LogP) is 5.48. The highest BCUT2D eigenvalue weighted by Gasteiger charge is 2.18. The van der Waals surface area contributed by atoms with Crippen molar-refractivity contribution in [1.82, 2.24) is 4.98 Å². The van der Waals surface area contributed by atoms with Crippen LogP contribution in [0.4, 0.5) is 5.00 Å². The van der Waals surface area contributed by atoms with Crippen LogP contribution in [0.2, 0.25) is 5.02 Å². The fourth-order valence-corrected chi connectivity index (χ4v) is 5.97. The number of nitrogens with one attached hydrogen (secondary N) is 1. The molecule has 9 heteroatoms. The summed E-state index contributed by atoms with van der Waals surface area (Å²) >= 11 is 8.73. The van der Waals surface area contributed by atoms with E-state index in [-0.39, 0.29) is 23.0 Å². The van der Waals surface area contributed by atoms with E-state index in [9.17, 15) is 13.2 Å². The van der Waals surface area contributed by atoms with Gasteiger partial charge in [0.2, 0.25) is 5.91 Å². The molecular formula is C20H15ClN2O3S3. The molecule has 2 aromatic carbocycles. The van der Waals surface area contributed by atoms with Crippen molar-refractivity contribution in [3.05, 3.63) is 65.0 Å². The van der Waals surface area contributed by atoms with E-state index < -0.39 is 9.84 Å². The largest absolute Gasteiger partial charge is 0.317 e. The van der Waals surface area contributed by atoms with Crippen molar-refractivity contribution < 1.29 is 13.2 Å². The average Bonchev–Trinajstić information content (AvgIpc) is 3.33. The van der Waals surface area contributed by atoms with Crippen molar-refractivity contribution in [3.63, 3.8) is 0 Å². The van der Waals surface area contributed by atoms with Gasteiger partial charge in [0.05, 0.1) is 20.9 Å². The second-order valence-electron chi connectivity index (χ2n) is 6.22. The van der Waals surface area contributed by atoms with Crippen LogP contribution in [0.15, 0.2) is 64.9 Å². The predicted molar refractivity (Wildman–Crippen MR) is 120 cm³/mol. The molecule has 148 valence electrons. The van der Waals surface area contributed by atoms with Crippen LogP contribution >= 0.6 is 34.3 Å². The summed E-state index contributed by atoms with van der Waals surface area (Å²) in [6, 6.07) is 15.7. The minimum absolute atomic E-state index is 0.137. The Hall–Kier alpha value is -2.26. The summed E-state index contributed by atoms with van der Waals surface area (Å²) in [5.41, 5.74) is 1.75. The number of thiazole rings is 1. The fourth-order valence-electron chi connectivity index (χ4n) is 2.74. The number of halogens is 1. The molecule has 29 heavy (non-hydrogen) atoms. The summed E-state index contributed by atoms with van der Waals surface area (Å²) in [7, 11) is -3.56. The number of rotatable bonds is 6. The SMILES string of the molecule is O=C(CCS(=O)(=O)c1ccc(Cl)cc1)Nc1sccc1-c1nc2ccccc2s1. The Morgan fingerprint density at radius 1 is 1.07 bits per heavy atom. The number of amides is 1. The third-order valence-electron chi connectivity index (χ3n) is 4.21. The lowest BCUT2D eigenvalue weighted by atomic mass is 10.3. The monoisotopic (exact) mass is 462 g/mol. The molecule has 2 aromatic heterocycles. The summed E-state index contributed by atoms with van der Waals surface area (Å²) in [4.78, 5) is 17.2. The lowest BCUT2D eigenvalue weighted by Gasteiger charge is -2.06. The van der Waals surface area contributed by atoms with E-state index in [1.54, 1.807) is 11.3 Å². The zero-order chi connectivity index (χ0) is 20.4. The van der Waals surface area contributed by atoms with E-state index in [0.29, 0.717) is 10.0 Å². The lowest BCUT2D eigenvalue weighted by molar-refractivity contribution is -0.115. The Labute approximate surface area is 180 Å². The zero-order valence-electron chi connectivity index (χ0n) is 15.0. The van der Waals surface area contributed by atoms with Crippen LogP contribution < -0.4 is 5.32 Å². The summed E-state index contributed by atoms with van der Waals surface area (Å²) in [6.45, 7) is 0. The third kappa shape index (κ3) is 4.51. The number of para-hydroxylation sites is 1. The number of benzene rings is 2. The molecule has 0 bridgehead atoms. The van der Waals surface area contributed by atoms with Gasteiger partial charge < -0.3 is 5.32 Å². The number of carbonyl (C=O) groups excluding carboxylic acids is 1. The maximum atomic E-state index is 12.4. The molecule has 2 heterocycles. The van der Waals surface area contributed by atoms with E-state index in [1.807, 2.05) is 35.7 Å². The highest BCUT2D eigenvalue weighted by molar-refractivity contribution is 7.91. The molecule has 0 unspecified atom stereocenters. The molecule has 0 aliphatic rings. The number of nitrogens with zero attached hydrogens (tertiary/aromatic N) is 1. The Kier molecular flexibility index (Phi) is 5.69. The molecule has 1 N–H and O–H groups in total. The first-order valence-electron chi connectivity index (χ1n) is 8.64. The molecular weight excluding hydrogens is 448 g/mol. The van der Waals surface area contributed by atoms with Crippen LogP contribution in [-0.2, 0) is 14.6 Å². The normalized spacial score (nSPS) is 11.6. The van der Waals surface area contributed by atoms with Crippen LogP contribution in [0, 0.1) is 0 Å². The first-order chi connectivity index (χ1) is 13.9. The van der Waals surface area contributed by atoms with Crippen LogP contribution in [0.1, 0.15) is 6.42 Å². The van der Waals surface area contributed by atoms with Crippen molar-refractivity contribution >= 4 is 65.2 Å². The molecule has 4 aromatic rings. The van der Waals surface area contributed by atoms with Crippen LogP contribution in [0.25, 0.3) is 20.8 Å². The summed E-state index contributed by atoms with van der Waals surface area (Å²) in [6.07, 6.45) is -0.137. The van der Waals surface area contributed by atoms with Crippen molar-refractivity contribution in [3.8, 4) is 10.6 Å². The molecule has 0 aliphatic carbocycles. The van der Waals surface area contributed by atoms with Gasteiger partial charge in [0.1, 0.15) is 10.0 Å². The van der Waals surface area contributed by atoms with Crippen molar-refractivity contribution in [2.24, 2.45) is 0 Å². The average molecular weight is 463 g/mol. The Balaban J connectivity index is 1.46. The van der Waals surface area contributed by atoms with E-state index >= 15 is 0 Å². The summed E-state index contributed by atoms with van der Waals surface area (Å²) in [5, 5.41) is 6.64. The van der Waals surface area contributed by atoms with Gasteiger partial charge in [-0.05, 0) is 47.8 Å². The smallest absolute Gasteiger partial charge is 0.226 e. The molecule has 0 radical (unpaired) electrons. The topological polar surface area (TPSA) is 76.1 Å². The molecule has 4 rings (SSSR count). The number of carbonyl (C=O) groups is 1. The van der Waals surface area contributed by atoms with E-state index in [1.165, 1.54) is 35.6 Å². The number of fused-ring (bicyclic) bond motifs is 1. The minimum Gasteiger partial charge on any atom is -0.317 e. The fraction of sp³-hybridized carbons (Fsp3) is 0.100. The van der Waals surface area contributed by atoms with Gasteiger partial charge >= 0.3 is 0 Å². The number of sulfone groups is 1. The van der Waals surface area contributed by atoms with Crippen LogP contribution in [0.5, 0.6) is 0 Å². The Morgan fingerprint density at radius 2 is 1.83 bits per heavy atom. The van der Waals surface area contributed by atoms with Crippen molar-refractivity contribution in [2.75, 3.05) is 11.1 Å². The van der Waals surface area contributed by atoms with E-state index in [4.69, 9.17) is 11.6 Å². The molecule has 0 fully saturated rings. The molecule has 0 aliphatic heterocycles. The molecule has 5 nitrogen and oxygen atoms in total. The molecule has 0 spiro atoms. The second-order valence-corrected chi connectivity index (χ2v) is 10.7. The van der Waals surface area contributed by atoms with Gasteiger partial charge in [-0.25, -0.2) is 13.4 Å². The highest BCUT2D eigenvalue weighted by atomic mass is 35.5. The quantitative estimate of drug-likeness (QED) is 0.411. The molecule has 0 atom stereocenters. The Bertz CT molecular complexity index is 1240. The number of thiophene rings is 1. The van der Waals surface area contributed by atoms with Gasteiger partial charge in [0, 0.05) is 17.0 Å². The first-order valence-corrected chi connectivity index (χ1v) is 12.4. The zero-order valence-corrected chi connectivity index (χ0v) is 18.2. The maximum absolute atomic E-state index is 12.4. The highest BCUT2D eigenvalue weighted by Crippen LogP contribution is 2.37. The summed E-state index contributed by atoms with van der Waals surface area (Å²) < 4.78 is 25.9. The van der Waals surface area contributed by atoms with Gasteiger partial charge in [-0.1, -0.05) is 23.7 Å². The summed E-state index contributed by atoms with van der Waals surface area (Å²) in [5.74, 6) is -0.630.